The number of benzene rings is 2. The summed E-state index contributed by atoms with van der Waals surface area (Å²) in [7, 11) is 0. The lowest BCUT2D eigenvalue weighted by Crippen LogP contribution is -2.48. The van der Waals surface area contributed by atoms with Crippen LogP contribution < -0.4 is 10.6 Å². The van der Waals surface area contributed by atoms with Crippen LogP contribution in [0.4, 0.5) is 10.5 Å². The van der Waals surface area contributed by atoms with Crippen LogP contribution in [0.2, 0.25) is 5.02 Å². The number of carbonyl (C=O) groups excluding carboxylic acids is 2. The number of amides is 3. The molecule has 0 bridgehead atoms. The number of nitrogens with zero attached hydrogens (tertiary/aromatic N) is 2. The summed E-state index contributed by atoms with van der Waals surface area (Å²) in [6.45, 7) is 4.80. The topological polar surface area (TPSA) is 84.9 Å². The Morgan fingerprint density at radius 2 is 1.79 bits per heavy atom. The predicted molar refractivity (Wildman–Crippen MR) is 134 cm³/mol. The van der Waals surface area contributed by atoms with Crippen molar-refractivity contribution in [3.63, 3.8) is 0 Å². The molecule has 8 heteroatoms. The maximum atomic E-state index is 12.7. The van der Waals surface area contributed by atoms with Crippen molar-refractivity contribution in [1.29, 1.82) is 0 Å². The number of hydrogen-bond acceptors (Lipinski definition) is 4. The smallest absolute Gasteiger partial charge is 0.317 e. The largest absolute Gasteiger partial charge is 0.506 e. The van der Waals surface area contributed by atoms with E-state index in [4.69, 9.17) is 11.6 Å². The van der Waals surface area contributed by atoms with E-state index in [0.29, 0.717) is 49.1 Å². The second-order valence-electron chi connectivity index (χ2n) is 9.33. The second-order valence-corrected chi connectivity index (χ2v) is 9.76. The minimum Gasteiger partial charge on any atom is -0.506 e. The van der Waals surface area contributed by atoms with Gasteiger partial charge in [-0.25, -0.2) is 4.79 Å². The van der Waals surface area contributed by atoms with Gasteiger partial charge in [0.05, 0.1) is 5.69 Å². The van der Waals surface area contributed by atoms with E-state index in [-0.39, 0.29) is 23.6 Å². The highest BCUT2D eigenvalue weighted by molar-refractivity contribution is 6.31. The van der Waals surface area contributed by atoms with Crippen molar-refractivity contribution in [2.24, 2.45) is 11.8 Å². The molecule has 0 spiro atoms. The van der Waals surface area contributed by atoms with Crippen LogP contribution in [0.3, 0.4) is 0 Å². The summed E-state index contributed by atoms with van der Waals surface area (Å²) in [6.07, 6.45) is 3.46. The quantitative estimate of drug-likeness (QED) is 0.533. The molecule has 1 atom stereocenters. The van der Waals surface area contributed by atoms with Crippen molar-refractivity contribution in [2.45, 2.75) is 32.2 Å². The predicted octanol–water partition coefficient (Wildman–Crippen LogP) is 4.32. The summed E-state index contributed by atoms with van der Waals surface area (Å²) < 4.78 is 0. The number of piperidine rings is 2. The lowest BCUT2D eigenvalue weighted by molar-refractivity contribution is -0.121. The maximum absolute atomic E-state index is 12.7. The Bertz CT molecular complexity index is 979. The van der Waals surface area contributed by atoms with E-state index in [1.54, 1.807) is 11.0 Å². The van der Waals surface area contributed by atoms with Gasteiger partial charge in [0.15, 0.2) is 0 Å². The number of phenolic OH excluding ortho intramolecular Hbond substituents is 1. The molecule has 2 fully saturated rings. The van der Waals surface area contributed by atoms with E-state index in [1.165, 1.54) is 17.7 Å². The first-order chi connectivity index (χ1) is 16.5. The van der Waals surface area contributed by atoms with Crippen LogP contribution >= 0.6 is 11.6 Å². The van der Waals surface area contributed by atoms with Crippen molar-refractivity contribution in [3.05, 3.63) is 59.1 Å². The molecule has 3 N–H and O–H groups in total. The lowest BCUT2D eigenvalue weighted by Gasteiger charge is -2.34. The molecule has 182 valence electrons. The van der Waals surface area contributed by atoms with E-state index in [0.717, 1.165) is 32.5 Å². The van der Waals surface area contributed by atoms with Gasteiger partial charge in [-0.1, -0.05) is 41.9 Å². The molecule has 3 amide bonds. The van der Waals surface area contributed by atoms with Gasteiger partial charge in [0.1, 0.15) is 5.75 Å². The first-order valence-electron chi connectivity index (χ1n) is 12.1. The number of likely N-dealkylation sites (tertiary alicyclic amines) is 2. The molecule has 0 aliphatic carbocycles. The average molecular weight is 485 g/mol. The van der Waals surface area contributed by atoms with Crippen molar-refractivity contribution >= 4 is 29.2 Å². The van der Waals surface area contributed by atoms with E-state index in [9.17, 15) is 14.7 Å². The summed E-state index contributed by atoms with van der Waals surface area (Å²) in [6, 6.07) is 15.0. The maximum Gasteiger partial charge on any atom is 0.317 e. The number of phenols is 1. The Labute approximate surface area is 206 Å². The molecule has 2 aliphatic rings. The minimum absolute atomic E-state index is 0.0142. The number of halogens is 1. The Kier molecular flexibility index (Phi) is 8.29. The molecule has 2 saturated heterocycles. The van der Waals surface area contributed by atoms with Gasteiger partial charge < -0.3 is 20.6 Å². The van der Waals surface area contributed by atoms with Gasteiger partial charge in [-0.3, -0.25) is 9.69 Å². The number of hydrogen-bond donors (Lipinski definition) is 3. The number of nitrogens with one attached hydrogen (secondary N) is 2. The van der Waals surface area contributed by atoms with E-state index in [2.05, 4.69) is 39.8 Å². The fourth-order valence-electron chi connectivity index (χ4n) is 4.83. The zero-order chi connectivity index (χ0) is 23.9. The van der Waals surface area contributed by atoms with Gasteiger partial charge in [-0.2, -0.15) is 0 Å². The summed E-state index contributed by atoms with van der Waals surface area (Å²) in [4.78, 5) is 29.6. The van der Waals surface area contributed by atoms with E-state index >= 15 is 0 Å². The van der Waals surface area contributed by atoms with Crippen molar-refractivity contribution < 1.29 is 14.7 Å². The van der Waals surface area contributed by atoms with Crippen molar-refractivity contribution in [2.75, 3.05) is 38.0 Å². The minimum atomic E-state index is -0.202. The Balaban J connectivity index is 1.18. The molecule has 4 rings (SSSR count). The third kappa shape index (κ3) is 6.64. The number of carbonyl (C=O) groups is 2. The molecule has 2 aromatic rings. The van der Waals surface area contributed by atoms with Gasteiger partial charge in [0.2, 0.25) is 5.91 Å². The average Bonchev–Trinajstić information content (AvgIpc) is 2.86. The molecule has 0 radical (unpaired) electrons. The molecule has 1 unspecified atom stereocenters. The van der Waals surface area contributed by atoms with Gasteiger partial charge in [-0.15, -0.1) is 0 Å². The summed E-state index contributed by atoms with van der Waals surface area (Å²) in [5, 5.41) is 16.2. The second kappa shape index (κ2) is 11.6. The third-order valence-electron chi connectivity index (χ3n) is 6.76. The molecule has 0 aromatic heterocycles. The first kappa shape index (κ1) is 24.4. The van der Waals surface area contributed by atoms with Gasteiger partial charge in [-0.05, 0) is 61.9 Å². The molecule has 2 heterocycles. The number of urea groups is 1. The van der Waals surface area contributed by atoms with Crippen molar-refractivity contribution in [3.8, 4) is 5.75 Å². The molecule has 7 nitrogen and oxygen atoms in total. The SMILES string of the molecule is O=C(Nc1cc(Cl)ccc1O)C1CCN(C(=O)NCC2CCCN(Cc3ccccc3)C2)CC1. The molecule has 34 heavy (non-hydrogen) atoms. The first-order valence-corrected chi connectivity index (χ1v) is 12.4. The Morgan fingerprint density at radius 3 is 2.56 bits per heavy atom. The van der Waals surface area contributed by atoms with E-state index in [1.807, 2.05) is 6.07 Å². The van der Waals surface area contributed by atoms with Crippen LogP contribution in [0.5, 0.6) is 5.75 Å². The zero-order valence-electron chi connectivity index (χ0n) is 19.4. The van der Waals surface area contributed by atoms with Crippen LogP contribution in [-0.4, -0.2) is 59.6 Å². The van der Waals surface area contributed by atoms with Gasteiger partial charge in [0, 0.05) is 43.7 Å². The molecular weight excluding hydrogens is 452 g/mol. The number of rotatable bonds is 6. The number of anilines is 1. The van der Waals surface area contributed by atoms with Gasteiger partial charge in [0.25, 0.3) is 0 Å². The number of aromatic hydroxyl groups is 1. The highest BCUT2D eigenvalue weighted by Crippen LogP contribution is 2.28. The Hall–Kier alpha value is -2.77. The third-order valence-corrected chi connectivity index (χ3v) is 7.00. The lowest BCUT2D eigenvalue weighted by atomic mass is 9.95. The Morgan fingerprint density at radius 1 is 1.03 bits per heavy atom. The van der Waals surface area contributed by atoms with Crippen LogP contribution in [-0.2, 0) is 11.3 Å². The fourth-order valence-corrected chi connectivity index (χ4v) is 5.01. The summed E-state index contributed by atoms with van der Waals surface area (Å²) >= 11 is 5.95. The molecular formula is C26H33ClN4O3. The highest BCUT2D eigenvalue weighted by atomic mass is 35.5. The van der Waals surface area contributed by atoms with Gasteiger partial charge >= 0.3 is 6.03 Å². The van der Waals surface area contributed by atoms with Crippen molar-refractivity contribution in [1.82, 2.24) is 15.1 Å². The van der Waals surface area contributed by atoms with E-state index < -0.39 is 0 Å². The van der Waals surface area contributed by atoms with Crippen LogP contribution in [0, 0.1) is 11.8 Å². The highest BCUT2D eigenvalue weighted by Gasteiger charge is 2.28. The summed E-state index contributed by atoms with van der Waals surface area (Å²) in [5.74, 6) is 0.0837. The molecule has 2 aromatic carbocycles. The normalized spacial score (nSPS) is 19.6. The van der Waals surface area contributed by atoms with Crippen LogP contribution in [0.1, 0.15) is 31.2 Å². The van der Waals surface area contributed by atoms with Crippen LogP contribution in [0.25, 0.3) is 0 Å². The fraction of sp³-hybridized carbons (Fsp3) is 0.462. The van der Waals surface area contributed by atoms with Crippen LogP contribution in [0.15, 0.2) is 48.5 Å². The zero-order valence-corrected chi connectivity index (χ0v) is 20.1. The summed E-state index contributed by atoms with van der Waals surface area (Å²) in [5.41, 5.74) is 1.64. The standard InChI is InChI=1S/C26H33ClN4O3/c27-22-8-9-24(32)23(15-22)29-25(33)21-10-13-31(14-11-21)26(34)28-16-20-7-4-12-30(18-20)17-19-5-2-1-3-6-19/h1-3,5-6,8-9,15,20-21,32H,4,7,10-14,16-18H2,(H,28,34)(H,29,33). The molecule has 2 aliphatic heterocycles. The molecule has 0 saturated carbocycles. The monoisotopic (exact) mass is 484 g/mol.